The predicted octanol–water partition coefficient (Wildman–Crippen LogP) is 2.65. The van der Waals surface area contributed by atoms with E-state index in [4.69, 9.17) is 0 Å². The summed E-state index contributed by atoms with van der Waals surface area (Å²) in [6.07, 6.45) is 2.36. The molecule has 1 aliphatic carbocycles. The number of nitrogens with one attached hydrogen (secondary N) is 2. The molecule has 1 aromatic heterocycles. The largest absolute Gasteiger partial charge is 0.507 e. The molecular formula is C41H47N9O5. The van der Waals surface area contributed by atoms with Crippen molar-refractivity contribution in [2.75, 3.05) is 80.6 Å². The number of imide groups is 2. The Hall–Kier alpha value is -5.08. The summed E-state index contributed by atoms with van der Waals surface area (Å²) in [5.41, 5.74) is 4.26. The topological polar surface area (TPSA) is 155 Å². The van der Waals surface area contributed by atoms with Crippen molar-refractivity contribution in [1.82, 2.24) is 30.2 Å². The van der Waals surface area contributed by atoms with E-state index in [9.17, 15) is 24.3 Å². The number of aromatic nitrogens is 2. The Labute approximate surface area is 319 Å². The molecule has 7 aliphatic rings. The third-order valence-corrected chi connectivity index (χ3v) is 13.6. The number of nitrogens with zero attached hydrogens (tertiary/aromatic N) is 7. The van der Waals surface area contributed by atoms with Gasteiger partial charge in [-0.2, -0.15) is 0 Å². The Morgan fingerprint density at radius 3 is 2.42 bits per heavy atom. The maximum Gasteiger partial charge on any atom is 0.262 e. The predicted molar refractivity (Wildman–Crippen MR) is 205 cm³/mol. The van der Waals surface area contributed by atoms with Crippen molar-refractivity contribution >= 4 is 40.8 Å². The number of aromatic hydroxyl groups is 1. The number of piperidine rings is 3. The van der Waals surface area contributed by atoms with E-state index in [1.165, 1.54) is 19.6 Å². The lowest BCUT2D eigenvalue weighted by atomic mass is 9.79. The van der Waals surface area contributed by atoms with Gasteiger partial charge >= 0.3 is 0 Å². The highest BCUT2D eigenvalue weighted by Gasteiger charge is 2.56. The minimum atomic E-state index is -0.955. The van der Waals surface area contributed by atoms with E-state index in [-0.39, 0.29) is 29.9 Å². The highest BCUT2D eigenvalue weighted by molar-refractivity contribution is 6.23. The van der Waals surface area contributed by atoms with Crippen LogP contribution in [0, 0.1) is 23.2 Å². The van der Waals surface area contributed by atoms with Crippen LogP contribution in [0.2, 0.25) is 0 Å². The van der Waals surface area contributed by atoms with E-state index >= 15 is 0 Å². The fraction of sp³-hybridized carbons (Fsp3) is 0.512. The zero-order valence-corrected chi connectivity index (χ0v) is 31.1. The number of rotatable bonds is 7. The van der Waals surface area contributed by atoms with Gasteiger partial charge in [-0.15, -0.1) is 10.2 Å². The smallest absolute Gasteiger partial charge is 0.262 e. The van der Waals surface area contributed by atoms with Gasteiger partial charge in [0.25, 0.3) is 11.8 Å². The van der Waals surface area contributed by atoms with Crippen molar-refractivity contribution in [1.29, 1.82) is 0 Å². The minimum absolute atomic E-state index is 0.107. The van der Waals surface area contributed by atoms with E-state index in [0.29, 0.717) is 28.4 Å². The number of anilines is 3. The number of fused-ring (bicyclic) bond motifs is 5. The number of amides is 4. The first-order valence-corrected chi connectivity index (χ1v) is 19.8. The third kappa shape index (κ3) is 6.00. The molecule has 1 saturated carbocycles. The average Bonchev–Trinajstić information content (AvgIpc) is 3.49. The van der Waals surface area contributed by atoms with Gasteiger partial charge in [0.15, 0.2) is 5.82 Å². The lowest BCUT2D eigenvalue weighted by Crippen LogP contribution is -2.58. The molecule has 4 saturated heterocycles. The summed E-state index contributed by atoms with van der Waals surface area (Å²) in [6.45, 7) is 12.7. The van der Waals surface area contributed by atoms with Crippen molar-refractivity contribution in [3.05, 3.63) is 59.7 Å². The van der Waals surface area contributed by atoms with E-state index in [1.54, 1.807) is 12.1 Å². The molecule has 3 N–H and O–H groups in total. The van der Waals surface area contributed by atoms with Crippen LogP contribution in [0.5, 0.6) is 5.75 Å². The molecule has 4 amide bonds. The van der Waals surface area contributed by atoms with Crippen LogP contribution in [-0.4, -0.2) is 131 Å². The van der Waals surface area contributed by atoms with Gasteiger partial charge in [-0.05, 0) is 78.8 Å². The van der Waals surface area contributed by atoms with Gasteiger partial charge in [-0.25, -0.2) is 0 Å². The Bertz CT molecular complexity index is 2090. The molecule has 0 radical (unpaired) electrons. The second-order valence-electron chi connectivity index (χ2n) is 17.1. The minimum Gasteiger partial charge on any atom is -0.507 e. The number of benzene rings is 2. The Morgan fingerprint density at radius 1 is 0.855 bits per heavy atom. The molecular weight excluding hydrogens is 699 g/mol. The molecule has 7 heterocycles. The Balaban J connectivity index is 0.702. The zero-order valence-electron chi connectivity index (χ0n) is 31.1. The van der Waals surface area contributed by atoms with Gasteiger partial charge in [0.2, 0.25) is 11.8 Å². The quantitative estimate of drug-likeness (QED) is 0.305. The van der Waals surface area contributed by atoms with Gasteiger partial charge in [0, 0.05) is 83.1 Å². The Morgan fingerprint density at radius 2 is 1.64 bits per heavy atom. The molecule has 0 bridgehead atoms. The van der Waals surface area contributed by atoms with E-state index < -0.39 is 23.8 Å². The normalized spacial score (nSPS) is 28.7. The van der Waals surface area contributed by atoms with Crippen LogP contribution < -0.4 is 20.4 Å². The number of likely N-dealkylation sites (tertiary alicyclic amines) is 1. The van der Waals surface area contributed by atoms with Crippen molar-refractivity contribution < 1.29 is 24.3 Å². The zero-order chi connectivity index (χ0) is 37.6. The molecule has 5 atom stereocenters. The number of piperazine rings is 1. The van der Waals surface area contributed by atoms with Crippen LogP contribution in [0.1, 0.15) is 53.3 Å². The maximum atomic E-state index is 13.4. The number of para-hydroxylation sites is 1. The molecule has 2 aromatic carbocycles. The van der Waals surface area contributed by atoms with Gasteiger partial charge in [-0.3, -0.25) is 34.3 Å². The monoisotopic (exact) mass is 745 g/mol. The first-order chi connectivity index (χ1) is 26.6. The highest BCUT2D eigenvalue weighted by atomic mass is 16.3. The number of carbonyl (C=O) groups is 4. The molecule has 5 fully saturated rings. The number of carbonyl (C=O) groups excluding carboxylic acids is 4. The number of hydrogen-bond donors (Lipinski definition) is 3. The van der Waals surface area contributed by atoms with Crippen molar-refractivity contribution in [2.45, 2.75) is 44.7 Å². The molecule has 10 rings (SSSR count). The lowest BCUT2D eigenvalue weighted by molar-refractivity contribution is -0.136. The Kier molecular flexibility index (Phi) is 8.14. The molecule has 286 valence electrons. The van der Waals surface area contributed by atoms with Gasteiger partial charge in [0.05, 0.1) is 28.6 Å². The molecule has 6 aliphatic heterocycles. The third-order valence-electron chi connectivity index (χ3n) is 13.6. The highest BCUT2D eigenvalue weighted by Crippen LogP contribution is 2.53. The molecule has 1 unspecified atom stereocenters. The number of hydrogen-bond acceptors (Lipinski definition) is 12. The van der Waals surface area contributed by atoms with E-state index in [0.717, 1.165) is 98.5 Å². The van der Waals surface area contributed by atoms with E-state index in [2.05, 4.69) is 53.4 Å². The standard InChI is InChI=1S/C41H47N9O5/c1-41(10-12-48(13-11-41)24-6-7-26-28(16-24)40(55)50(39(26)54)33-8-9-36(52)43-38(33)53)23-47-21-30-29(31(30)22-47)20-46-14-15-49-25(19-46)18-42-37-34(49)17-32(44-45-37)27-4-2-3-5-35(27)51/h2-7,16-17,25,29-31,33,51H,8-15,18-23H2,1H3,(H,42,45)(H,43,52,53)/t25-,29-,30-,31+,33?/m0/s1. The molecule has 3 aromatic rings. The van der Waals surface area contributed by atoms with Gasteiger partial charge < -0.3 is 25.1 Å². The summed E-state index contributed by atoms with van der Waals surface area (Å²) in [5.74, 6) is 1.49. The summed E-state index contributed by atoms with van der Waals surface area (Å²) in [7, 11) is 0. The van der Waals surface area contributed by atoms with E-state index in [1.807, 2.05) is 30.3 Å². The first kappa shape index (κ1) is 34.4. The fourth-order valence-corrected chi connectivity index (χ4v) is 10.4. The second-order valence-corrected chi connectivity index (χ2v) is 17.1. The summed E-state index contributed by atoms with van der Waals surface area (Å²) in [5, 5.41) is 25.0. The van der Waals surface area contributed by atoms with Crippen LogP contribution in [-0.2, 0) is 9.59 Å². The SMILES string of the molecule is CC1(CN2C[C@@H]3[C@@H](CN4CCN5c6cc(-c7ccccc7O)nnc6NC[C@H]5C4)[C@@H]3C2)CCN(c2ccc3c(c2)C(=O)N(C2CCC(=O)NC2=O)C3=O)CC1. The summed E-state index contributed by atoms with van der Waals surface area (Å²) >= 11 is 0. The molecule has 14 heteroatoms. The van der Waals surface area contributed by atoms with Crippen LogP contribution in [0.15, 0.2) is 48.5 Å². The molecule has 55 heavy (non-hydrogen) atoms. The van der Waals surface area contributed by atoms with Crippen LogP contribution in [0.4, 0.5) is 17.2 Å². The van der Waals surface area contributed by atoms with Crippen molar-refractivity contribution in [3.63, 3.8) is 0 Å². The summed E-state index contributed by atoms with van der Waals surface area (Å²) < 4.78 is 0. The van der Waals surface area contributed by atoms with Gasteiger partial charge in [-0.1, -0.05) is 19.1 Å². The van der Waals surface area contributed by atoms with Crippen molar-refractivity contribution in [3.8, 4) is 17.0 Å². The molecule has 0 spiro atoms. The summed E-state index contributed by atoms with van der Waals surface area (Å²) in [6, 6.07) is 14.2. The maximum absolute atomic E-state index is 13.4. The van der Waals surface area contributed by atoms with Crippen LogP contribution >= 0.6 is 0 Å². The lowest BCUT2D eigenvalue weighted by Gasteiger charge is -2.46. The van der Waals surface area contributed by atoms with Gasteiger partial charge in [0.1, 0.15) is 11.8 Å². The summed E-state index contributed by atoms with van der Waals surface area (Å²) in [4.78, 5) is 61.9. The average molecular weight is 746 g/mol. The number of phenols is 1. The number of phenolic OH excluding ortho intramolecular Hbond substituents is 1. The van der Waals surface area contributed by atoms with Crippen LogP contribution in [0.3, 0.4) is 0 Å². The van der Waals surface area contributed by atoms with Crippen LogP contribution in [0.25, 0.3) is 11.3 Å². The molecule has 14 nitrogen and oxygen atoms in total. The second kappa shape index (κ2) is 13.0. The first-order valence-electron chi connectivity index (χ1n) is 19.8. The van der Waals surface area contributed by atoms with Crippen molar-refractivity contribution in [2.24, 2.45) is 23.2 Å². The fourth-order valence-electron chi connectivity index (χ4n) is 10.4.